The fourth-order valence-corrected chi connectivity index (χ4v) is 2.06. The van der Waals surface area contributed by atoms with Crippen molar-refractivity contribution in [3.8, 4) is 0 Å². The van der Waals surface area contributed by atoms with Crippen LogP contribution in [-0.2, 0) is 14.3 Å². The van der Waals surface area contributed by atoms with Crippen LogP contribution in [0.1, 0.15) is 38.9 Å². The van der Waals surface area contributed by atoms with Crippen LogP contribution in [0.4, 0.5) is 0 Å². The van der Waals surface area contributed by atoms with Crippen LogP contribution >= 0.6 is 0 Å². The lowest BCUT2D eigenvalue weighted by Gasteiger charge is -2.21. The SMILES string of the molecule is CCOC(C(=O)N[C@H](CC(C)C)C(=O)O)c1ccccc1. The molecule has 5 nitrogen and oxygen atoms in total. The zero-order valence-corrected chi connectivity index (χ0v) is 12.7. The second kappa shape index (κ2) is 8.42. The number of aliphatic carboxylic acids is 1. The molecule has 1 unspecified atom stereocenters. The summed E-state index contributed by atoms with van der Waals surface area (Å²) >= 11 is 0. The van der Waals surface area contributed by atoms with E-state index in [0.29, 0.717) is 18.6 Å². The molecule has 0 aliphatic heterocycles. The highest BCUT2D eigenvalue weighted by atomic mass is 16.5. The lowest BCUT2D eigenvalue weighted by atomic mass is 10.0. The van der Waals surface area contributed by atoms with E-state index in [4.69, 9.17) is 4.74 Å². The van der Waals surface area contributed by atoms with Gasteiger partial charge in [-0.3, -0.25) is 4.79 Å². The summed E-state index contributed by atoms with van der Waals surface area (Å²) in [6, 6.07) is 8.16. The summed E-state index contributed by atoms with van der Waals surface area (Å²) in [5, 5.41) is 11.8. The van der Waals surface area contributed by atoms with E-state index in [1.165, 1.54) is 0 Å². The van der Waals surface area contributed by atoms with Crippen LogP contribution in [0.25, 0.3) is 0 Å². The van der Waals surface area contributed by atoms with E-state index >= 15 is 0 Å². The van der Waals surface area contributed by atoms with E-state index in [-0.39, 0.29) is 5.92 Å². The van der Waals surface area contributed by atoms with E-state index in [2.05, 4.69) is 5.32 Å². The quantitative estimate of drug-likeness (QED) is 0.771. The first-order valence-corrected chi connectivity index (χ1v) is 7.15. The number of hydrogen-bond acceptors (Lipinski definition) is 3. The monoisotopic (exact) mass is 293 g/mol. The van der Waals surface area contributed by atoms with E-state index in [9.17, 15) is 14.7 Å². The third-order valence-corrected chi connectivity index (χ3v) is 3.00. The number of hydrogen-bond donors (Lipinski definition) is 2. The molecular formula is C16H23NO4. The number of carboxylic acids is 1. The van der Waals surface area contributed by atoms with Crippen LogP contribution < -0.4 is 5.32 Å². The number of carbonyl (C=O) groups is 2. The van der Waals surface area contributed by atoms with Gasteiger partial charge in [0.15, 0.2) is 6.10 Å². The van der Waals surface area contributed by atoms with Crippen molar-refractivity contribution in [2.75, 3.05) is 6.61 Å². The van der Waals surface area contributed by atoms with Crippen molar-refractivity contribution in [3.63, 3.8) is 0 Å². The van der Waals surface area contributed by atoms with Crippen molar-refractivity contribution in [2.45, 2.75) is 39.3 Å². The number of carboxylic acid groups (broad SMARTS) is 1. The maximum atomic E-state index is 12.3. The van der Waals surface area contributed by atoms with Gasteiger partial charge >= 0.3 is 5.97 Å². The second-order valence-electron chi connectivity index (χ2n) is 5.28. The molecule has 0 saturated carbocycles. The Labute approximate surface area is 125 Å². The molecular weight excluding hydrogens is 270 g/mol. The third-order valence-electron chi connectivity index (χ3n) is 3.00. The highest BCUT2D eigenvalue weighted by Crippen LogP contribution is 2.18. The summed E-state index contributed by atoms with van der Waals surface area (Å²) < 4.78 is 5.47. The summed E-state index contributed by atoms with van der Waals surface area (Å²) in [5.41, 5.74) is 0.713. The summed E-state index contributed by atoms with van der Waals surface area (Å²) in [6.07, 6.45) is -0.403. The molecule has 0 heterocycles. The Balaban J connectivity index is 2.83. The highest BCUT2D eigenvalue weighted by Gasteiger charge is 2.27. The lowest BCUT2D eigenvalue weighted by molar-refractivity contribution is -0.145. The number of benzene rings is 1. The molecule has 5 heteroatoms. The summed E-state index contributed by atoms with van der Waals surface area (Å²) in [6.45, 7) is 6.00. The molecule has 2 atom stereocenters. The van der Waals surface area contributed by atoms with Crippen LogP contribution in [-0.4, -0.2) is 29.6 Å². The average molecular weight is 293 g/mol. The van der Waals surface area contributed by atoms with Gasteiger partial charge < -0.3 is 15.2 Å². The molecule has 0 saturated heterocycles. The summed E-state index contributed by atoms with van der Waals surface area (Å²) in [7, 11) is 0. The van der Waals surface area contributed by atoms with E-state index in [0.717, 1.165) is 0 Å². The Hall–Kier alpha value is -1.88. The standard InChI is InChI=1S/C16H23NO4/c1-4-21-14(12-8-6-5-7-9-12)15(18)17-13(16(19)20)10-11(2)3/h5-9,11,13-14H,4,10H2,1-3H3,(H,17,18)(H,19,20)/t13-,14?/m1/s1. The van der Waals surface area contributed by atoms with Crippen molar-refractivity contribution in [3.05, 3.63) is 35.9 Å². The molecule has 116 valence electrons. The highest BCUT2D eigenvalue weighted by molar-refractivity contribution is 5.87. The van der Waals surface area contributed by atoms with Gasteiger partial charge in [-0.2, -0.15) is 0 Å². The fourth-order valence-electron chi connectivity index (χ4n) is 2.06. The first kappa shape index (κ1) is 17.2. The Kier molecular flexibility index (Phi) is 6.88. The molecule has 2 N–H and O–H groups in total. The van der Waals surface area contributed by atoms with Crippen LogP contribution in [0.3, 0.4) is 0 Å². The smallest absolute Gasteiger partial charge is 0.326 e. The van der Waals surface area contributed by atoms with Crippen LogP contribution in [0.2, 0.25) is 0 Å². The molecule has 1 aromatic rings. The minimum Gasteiger partial charge on any atom is -0.480 e. The molecule has 0 fully saturated rings. The van der Waals surface area contributed by atoms with Crippen LogP contribution in [0.5, 0.6) is 0 Å². The second-order valence-corrected chi connectivity index (χ2v) is 5.28. The molecule has 1 rings (SSSR count). The van der Waals surface area contributed by atoms with Gasteiger partial charge in [-0.1, -0.05) is 44.2 Å². The summed E-state index contributed by atoms with van der Waals surface area (Å²) in [5.74, 6) is -1.27. The Morgan fingerprint density at radius 1 is 1.24 bits per heavy atom. The summed E-state index contributed by atoms with van der Waals surface area (Å²) in [4.78, 5) is 23.6. The third kappa shape index (κ3) is 5.55. The molecule has 0 aromatic heterocycles. The van der Waals surface area contributed by atoms with Gasteiger partial charge in [-0.25, -0.2) is 4.79 Å². The van der Waals surface area contributed by atoms with Gasteiger partial charge in [0.05, 0.1) is 0 Å². The minimum absolute atomic E-state index is 0.175. The zero-order valence-electron chi connectivity index (χ0n) is 12.7. The van der Waals surface area contributed by atoms with Gasteiger partial charge in [-0.05, 0) is 24.8 Å². The number of amides is 1. The topological polar surface area (TPSA) is 75.6 Å². The molecule has 0 bridgehead atoms. The van der Waals surface area contributed by atoms with Gasteiger partial charge in [-0.15, -0.1) is 0 Å². The van der Waals surface area contributed by atoms with Gasteiger partial charge in [0, 0.05) is 6.61 Å². The maximum absolute atomic E-state index is 12.3. The van der Waals surface area contributed by atoms with Crippen molar-refractivity contribution in [1.29, 1.82) is 0 Å². The van der Waals surface area contributed by atoms with Crippen LogP contribution in [0.15, 0.2) is 30.3 Å². The van der Waals surface area contributed by atoms with Crippen molar-refractivity contribution in [1.82, 2.24) is 5.32 Å². The first-order valence-electron chi connectivity index (χ1n) is 7.15. The van der Waals surface area contributed by atoms with Gasteiger partial charge in [0.25, 0.3) is 5.91 Å². The predicted molar refractivity (Wildman–Crippen MR) is 79.8 cm³/mol. The molecule has 0 spiro atoms. The predicted octanol–water partition coefficient (Wildman–Crippen LogP) is 2.38. The largest absolute Gasteiger partial charge is 0.480 e. The van der Waals surface area contributed by atoms with Crippen LogP contribution in [0, 0.1) is 5.92 Å². The molecule has 1 aromatic carbocycles. The molecule has 0 radical (unpaired) electrons. The number of nitrogens with one attached hydrogen (secondary N) is 1. The maximum Gasteiger partial charge on any atom is 0.326 e. The Morgan fingerprint density at radius 2 is 1.86 bits per heavy atom. The van der Waals surface area contributed by atoms with E-state index < -0.39 is 24.0 Å². The molecule has 0 aliphatic rings. The lowest BCUT2D eigenvalue weighted by Crippen LogP contribution is -2.44. The Morgan fingerprint density at radius 3 is 2.33 bits per heavy atom. The number of carbonyl (C=O) groups excluding carboxylic acids is 1. The molecule has 0 aliphatic carbocycles. The average Bonchev–Trinajstić information content (AvgIpc) is 2.44. The normalized spacial score (nSPS) is 13.7. The van der Waals surface area contributed by atoms with Crippen molar-refractivity contribution >= 4 is 11.9 Å². The first-order chi connectivity index (χ1) is 9.95. The van der Waals surface area contributed by atoms with Crippen molar-refractivity contribution in [2.24, 2.45) is 5.92 Å². The minimum atomic E-state index is -1.03. The van der Waals surface area contributed by atoms with E-state index in [1.807, 2.05) is 32.0 Å². The van der Waals surface area contributed by atoms with Crippen molar-refractivity contribution < 1.29 is 19.4 Å². The number of ether oxygens (including phenoxy) is 1. The van der Waals surface area contributed by atoms with Gasteiger partial charge in [0.2, 0.25) is 0 Å². The van der Waals surface area contributed by atoms with Gasteiger partial charge in [0.1, 0.15) is 6.04 Å². The van der Waals surface area contributed by atoms with E-state index in [1.54, 1.807) is 19.1 Å². The molecule has 1 amide bonds. The fraction of sp³-hybridized carbons (Fsp3) is 0.500. The Bertz CT molecular complexity index is 459. The number of rotatable bonds is 8. The zero-order chi connectivity index (χ0) is 15.8. The molecule has 21 heavy (non-hydrogen) atoms.